The molecular weight excluding hydrogens is 346 g/mol. The second-order valence-electron chi connectivity index (χ2n) is 5.22. The first-order valence-corrected chi connectivity index (χ1v) is 8.32. The lowest BCUT2D eigenvalue weighted by atomic mass is 10.1. The number of methoxy groups -OCH3 is 1. The number of anilines is 1. The fraction of sp³-hybridized carbons (Fsp3) is 0.250. The van der Waals surface area contributed by atoms with Gasteiger partial charge in [-0.15, -0.1) is 11.3 Å². The summed E-state index contributed by atoms with van der Waals surface area (Å²) in [6.07, 6.45) is 5.29. The molecule has 2 heterocycles. The van der Waals surface area contributed by atoms with Gasteiger partial charge in [0.25, 0.3) is 0 Å². The fourth-order valence-corrected chi connectivity index (χ4v) is 3.81. The van der Waals surface area contributed by atoms with Crippen molar-refractivity contribution in [2.24, 2.45) is 5.10 Å². The monoisotopic (exact) mass is 361 g/mol. The van der Waals surface area contributed by atoms with Crippen LogP contribution in [0.2, 0.25) is 0 Å². The first-order valence-electron chi connectivity index (χ1n) is 7.51. The summed E-state index contributed by atoms with van der Waals surface area (Å²) in [7, 11) is 1.28. The van der Waals surface area contributed by atoms with Gasteiger partial charge in [0.15, 0.2) is 0 Å². The van der Waals surface area contributed by atoms with Crippen molar-refractivity contribution in [1.29, 1.82) is 0 Å². The number of aryl methyl sites for hydroxylation is 1. The minimum absolute atomic E-state index is 0.326. The van der Waals surface area contributed by atoms with E-state index in [1.807, 2.05) is 0 Å². The van der Waals surface area contributed by atoms with Crippen LogP contribution in [0, 0.1) is 0 Å². The highest BCUT2D eigenvalue weighted by Crippen LogP contribution is 2.39. The van der Waals surface area contributed by atoms with E-state index in [1.165, 1.54) is 30.9 Å². The molecule has 8 nitrogen and oxygen atoms in total. The smallest absolute Gasteiger partial charge is 0.341 e. The second kappa shape index (κ2) is 7.31. The number of rotatable bonds is 4. The number of nitrogens with zero attached hydrogens (tertiary/aromatic N) is 1. The van der Waals surface area contributed by atoms with Gasteiger partial charge >= 0.3 is 17.8 Å². The molecule has 0 atom stereocenters. The number of hydrogen-bond donors (Lipinski definition) is 2. The quantitative estimate of drug-likeness (QED) is 0.373. The lowest BCUT2D eigenvalue weighted by Crippen LogP contribution is -2.32. The van der Waals surface area contributed by atoms with Crippen LogP contribution in [0.25, 0.3) is 0 Å². The molecule has 0 saturated carbocycles. The molecule has 0 aliphatic heterocycles. The van der Waals surface area contributed by atoms with E-state index in [1.54, 1.807) is 12.1 Å². The number of furan rings is 1. The van der Waals surface area contributed by atoms with Gasteiger partial charge in [0.05, 0.1) is 25.2 Å². The standard InChI is InChI=1S/C16H15N3O5S/c1-23-16(22)12-10-5-2-6-11(10)25-15(12)18-13(20)14(21)19-17-8-9-4-3-7-24-9/h3-4,7-8H,2,5-6H2,1H3,(H,18,20)(H,19,21)/b17-8+. The summed E-state index contributed by atoms with van der Waals surface area (Å²) in [6, 6.07) is 3.31. The minimum Gasteiger partial charge on any atom is -0.465 e. The van der Waals surface area contributed by atoms with Crippen molar-refractivity contribution in [3.05, 3.63) is 40.2 Å². The third-order valence-corrected chi connectivity index (χ3v) is 4.85. The average molecular weight is 361 g/mol. The molecule has 0 unspecified atom stereocenters. The largest absolute Gasteiger partial charge is 0.465 e. The fourth-order valence-electron chi connectivity index (χ4n) is 2.54. The number of carbonyl (C=O) groups is 3. The van der Waals surface area contributed by atoms with Gasteiger partial charge in [0.1, 0.15) is 10.8 Å². The third-order valence-electron chi connectivity index (χ3n) is 3.65. The predicted octanol–water partition coefficient (Wildman–Crippen LogP) is 1.71. The van der Waals surface area contributed by atoms with E-state index in [0.29, 0.717) is 16.3 Å². The number of carbonyl (C=O) groups excluding carboxylic acids is 3. The van der Waals surface area contributed by atoms with Crippen LogP contribution in [-0.2, 0) is 27.2 Å². The molecule has 2 amide bonds. The van der Waals surface area contributed by atoms with Crippen molar-refractivity contribution >= 4 is 40.3 Å². The van der Waals surface area contributed by atoms with Gasteiger partial charge in [-0.2, -0.15) is 5.10 Å². The van der Waals surface area contributed by atoms with Crippen LogP contribution in [0.5, 0.6) is 0 Å². The maximum absolute atomic E-state index is 12.0. The predicted molar refractivity (Wildman–Crippen MR) is 90.8 cm³/mol. The van der Waals surface area contributed by atoms with Gasteiger partial charge in [-0.3, -0.25) is 9.59 Å². The zero-order valence-corrected chi connectivity index (χ0v) is 14.1. The van der Waals surface area contributed by atoms with Gasteiger partial charge < -0.3 is 14.5 Å². The summed E-state index contributed by atoms with van der Waals surface area (Å²) in [5.74, 6) is -1.96. The van der Waals surface area contributed by atoms with Crippen molar-refractivity contribution in [3.63, 3.8) is 0 Å². The molecule has 3 rings (SSSR count). The molecule has 2 aromatic rings. The van der Waals surface area contributed by atoms with Crippen LogP contribution in [0.1, 0.15) is 33.0 Å². The van der Waals surface area contributed by atoms with E-state index in [2.05, 4.69) is 15.8 Å². The van der Waals surface area contributed by atoms with Crippen molar-refractivity contribution < 1.29 is 23.5 Å². The molecule has 0 bridgehead atoms. The van der Waals surface area contributed by atoms with Gasteiger partial charge in [0, 0.05) is 4.88 Å². The highest BCUT2D eigenvalue weighted by molar-refractivity contribution is 7.17. The third kappa shape index (κ3) is 3.61. The lowest BCUT2D eigenvalue weighted by Gasteiger charge is -2.06. The zero-order valence-electron chi connectivity index (χ0n) is 13.3. The number of nitrogens with one attached hydrogen (secondary N) is 2. The minimum atomic E-state index is -0.952. The summed E-state index contributed by atoms with van der Waals surface area (Å²) in [6.45, 7) is 0. The van der Waals surface area contributed by atoms with E-state index < -0.39 is 17.8 Å². The summed E-state index contributed by atoms with van der Waals surface area (Å²) < 4.78 is 9.80. The van der Waals surface area contributed by atoms with Gasteiger partial charge in [-0.05, 0) is 37.0 Å². The van der Waals surface area contributed by atoms with E-state index in [9.17, 15) is 14.4 Å². The summed E-state index contributed by atoms with van der Waals surface area (Å²) in [5.41, 5.74) is 3.33. The Morgan fingerprint density at radius 2 is 2.16 bits per heavy atom. The Balaban J connectivity index is 1.68. The molecule has 130 valence electrons. The van der Waals surface area contributed by atoms with Crippen molar-refractivity contribution in [1.82, 2.24) is 5.43 Å². The maximum atomic E-state index is 12.0. The van der Waals surface area contributed by atoms with E-state index >= 15 is 0 Å². The summed E-state index contributed by atoms with van der Waals surface area (Å²) in [4.78, 5) is 36.9. The molecular formula is C16H15N3O5S. The number of esters is 1. The van der Waals surface area contributed by atoms with Gasteiger partial charge in [-0.25, -0.2) is 10.2 Å². The highest BCUT2D eigenvalue weighted by Gasteiger charge is 2.29. The highest BCUT2D eigenvalue weighted by atomic mass is 32.1. The van der Waals surface area contributed by atoms with Crippen LogP contribution in [0.4, 0.5) is 5.00 Å². The Hall–Kier alpha value is -2.94. The lowest BCUT2D eigenvalue weighted by molar-refractivity contribution is -0.136. The first-order chi connectivity index (χ1) is 12.1. The molecule has 25 heavy (non-hydrogen) atoms. The van der Waals surface area contributed by atoms with Crippen molar-refractivity contribution in [2.45, 2.75) is 19.3 Å². The average Bonchev–Trinajstić information content (AvgIpc) is 3.31. The zero-order chi connectivity index (χ0) is 17.8. The first kappa shape index (κ1) is 16.9. The number of thiophene rings is 1. The number of amides is 2. The molecule has 0 radical (unpaired) electrons. The Morgan fingerprint density at radius 1 is 1.32 bits per heavy atom. The van der Waals surface area contributed by atoms with Crippen LogP contribution < -0.4 is 10.7 Å². The SMILES string of the molecule is COC(=O)c1c(NC(=O)C(=O)N/N=C/c2ccco2)sc2c1CCC2. The molecule has 1 aliphatic rings. The molecule has 9 heteroatoms. The maximum Gasteiger partial charge on any atom is 0.341 e. The number of ether oxygens (including phenoxy) is 1. The van der Waals surface area contributed by atoms with Gasteiger partial charge in [0.2, 0.25) is 0 Å². The molecule has 2 N–H and O–H groups in total. The topological polar surface area (TPSA) is 110 Å². The van der Waals surface area contributed by atoms with Crippen molar-refractivity contribution in [2.75, 3.05) is 12.4 Å². The van der Waals surface area contributed by atoms with Crippen LogP contribution in [0.3, 0.4) is 0 Å². The number of fused-ring (bicyclic) bond motifs is 1. The Morgan fingerprint density at radius 3 is 2.88 bits per heavy atom. The summed E-state index contributed by atoms with van der Waals surface area (Å²) >= 11 is 1.29. The summed E-state index contributed by atoms with van der Waals surface area (Å²) in [5, 5.41) is 6.43. The Labute approximate surface area is 146 Å². The van der Waals surface area contributed by atoms with Crippen LogP contribution in [0.15, 0.2) is 27.9 Å². The van der Waals surface area contributed by atoms with Crippen LogP contribution >= 0.6 is 11.3 Å². The molecule has 0 saturated heterocycles. The van der Waals surface area contributed by atoms with Crippen LogP contribution in [-0.4, -0.2) is 31.1 Å². The molecule has 1 aliphatic carbocycles. The Bertz CT molecular complexity index is 838. The van der Waals surface area contributed by atoms with E-state index in [0.717, 1.165) is 29.7 Å². The number of hydrazone groups is 1. The van der Waals surface area contributed by atoms with E-state index in [4.69, 9.17) is 9.15 Å². The molecule has 2 aromatic heterocycles. The molecule has 0 spiro atoms. The second-order valence-corrected chi connectivity index (χ2v) is 6.33. The van der Waals surface area contributed by atoms with Gasteiger partial charge in [-0.1, -0.05) is 0 Å². The van der Waals surface area contributed by atoms with E-state index in [-0.39, 0.29) is 0 Å². The van der Waals surface area contributed by atoms with Crippen molar-refractivity contribution in [3.8, 4) is 0 Å². The molecule has 0 fully saturated rings. The normalized spacial score (nSPS) is 12.8. The Kier molecular flexibility index (Phi) is 4.94. The number of hydrogen-bond acceptors (Lipinski definition) is 7. The molecule has 0 aromatic carbocycles.